The molecule has 0 saturated heterocycles. The quantitative estimate of drug-likeness (QED) is 0.810. The molecule has 0 saturated carbocycles. The molecule has 2 rings (SSSR count). The Kier molecular flexibility index (Phi) is 3.30. The summed E-state index contributed by atoms with van der Waals surface area (Å²) in [5, 5.41) is 1.36. The molecule has 16 heavy (non-hydrogen) atoms. The zero-order valence-corrected chi connectivity index (χ0v) is 10.1. The van der Waals surface area contributed by atoms with E-state index < -0.39 is 0 Å². The molecule has 3 N–H and O–H groups in total. The molecule has 0 aliphatic rings. The van der Waals surface area contributed by atoms with Gasteiger partial charge >= 0.3 is 0 Å². The van der Waals surface area contributed by atoms with Crippen LogP contribution in [0.2, 0.25) is 0 Å². The van der Waals surface area contributed by atoms with Gasteiger partial charge < -0.3 is 10.7 Å². The zero-order valence-electron chi connectivity index (χ0n) is 10.1. The van der Waals surface area contributed by atoms with Gasteiger partial charge in [-0.2, -0.15) is 0 Å². The van der Waals surface area contributed by atoms with E-state index in [4.69, 9.17) is 5.73 Å². The van der Waals surface area contributed by atoms with Crippen LogP contribution in [0.25, 0.3) is 10.9 Å². The van der Waals surface area contributed by atoms with Crippen LogP contribution in [0.4, 0.5) is 0 Å². The molecule has 2 heteroatoms. The highest BCUT2D eigenvalue weighted by atomic mass is 14.7. The SMILES string of the molecule is CCc1cccc2c(CCC(C)N)c[nH]c12. The van der Waals surface area contributed by atoms with Crippen molar-refractivity contribution in [2.45, 2.75) is 39.2 Å². The predicted molar refractivity (Wildman–Crippen MR) is 69.6 cm³/mol. The number of H-pyrrole nitrogens is 1. The Hall–Kier alpha value is -1.28. The molecule has 2 aromatic rings. The number of fused-ring (bicyclic) bond motifs is 1. The lowest BCUT2D eigenvalue weighted by atomic mass is 10.0. The van der Waals surface area contributed by atoms with Crippen LogP contribution < -0.4 is 5.73 Å². The first kappa shape index (κ1) is 11.2. The number of aromatic nitrogens is 1. The van der Waals surface area contributed by atoms with Crippen LogP contribution >= 0.6 is 0 Å². The number of nitrogens with one attached hydrogen (secondary N) is 1. The molecule has 0 aliphatic carbocycles. The molecule has 1 aromatic heterocycles. The van der Waals surface area contributed by atoms with Crippen LogP contribution in [0.1, 0.15) is 31.4 Å². The van der Waals surface area contributed by atoms with Crippen molar-refractivity contribution in [1.29, 1.82) is 0 Å². The standard InChI is InChI=1S/C14H20N2/c1-3-11-5-4-6-13-12(8-7-10(2)15)9-16-14(11)13/h4-6,9-10,16H,3,7-8,15H2,1-2H3. The summed E-state index contributed by atoms with van der Waals surface area (Å²) in [6.07, 6.45) is 5.31. The second-order valence-electron chi connectivity index (χ2n) is 4.52. The average Bonchev–Trinajstić information content (AvgIpc) is 2.69. The molecule has 0 spiro atoms. The van der Waals surface area contributed by atoms with Gasteiger partial charge in [-0.25, -0.2) is 0 Å². The Balaban J connectivity index is 2.34. The van der Waals surface area contributed by atoms with Gasteiger partial charge in [0.1, 0.15) is 0 Å². The summed E-state index contributed by atoms with van der Waals surface area (Å²) in [5.74, 6) is 0. The molecule has 0 bridgehead atoms. The van der Waals surface area contributed by atoms with Gasteiger partial charge in [0.25, 0.3) is 0 Å². The van der Waals surface area contributed by atoms with Crippen molar-refractivity contribution in [2.24, 2.45) is 5.73 Å². The summed E-state index contributed by atoms with van der Waals surface area (Å²) < 4.78 is 0. The molecular weight excluding hydrogens is 196 g/mol. The van der Waals surface area contributed by atoms with E-state index in [-0.39, 0.29) is 6.04 Å². The normalized spacial score (nSPS) is 13.2. The summed E-state index contributed by atoms with van der Waals surface area (Å²) in [6, 6.07) is 6.80. The average molecular weight is 216 g/mol. The van der Waals surface area contributed by atoms with Crippen LogP contribution in [0.5, 0.6) is 0 Å². The minimum atomic E-state index is 0.277. The highest BCUT2D eigenvalue weighted by molar-refractivity contribution is 5.86. The summed E-state index contributed by atoms with van der Waals surface area (Å²) in [5.41, 5.74) is 9.88. The first-order valence-electron chi connectivity index (χ1n) is 6.05. The van der Waals surface area contributed by atoms with E-state index in [1.54, 1.807) is 0 Å². The van der Waals surface area contributed by atoms with Crippen LogP contribution in [0.15, 0.2) is 24.4 Å². The first-order valence-corrected chi connectivity index (χ1v) is 6.05. The van der Waals surface area contributed by atoms with Gasteiger partial charge in [-0.15, -0.1) is 0 Å². The number of nitrogens with two attached hydrogens (primary N) is 1. The molecule has 0 aliphatic heterocycles. The Labute approximate surface area is 96.9 Å². The van der Waals surface area contributed by atoms with Gasteiger partial charge in [0.05, 0.1) is 0 Å². The van der Waals surface area contributed by atoms with Crippen molar-refractivity contribution in [2.75, 3.05) is 0 Å². The van der Waals surface area contributed by atoms with Crippen LogP contribution in [-0.2, 0) is 12.8 Å². The maximum absolute atomic E-state index is 5.80. The van der Waals surface area contributed by atoms with Gasteiger partial charge in [-0.05, 0) is 37.3 Å². The van der Waals surface area contributed by atoms with Gasteiger partial charge in [-0.1, -0.05) is 25.1 Å². The van der Waals surface area contributed by atoms with E-state index in [0.717, 1.165) is 19.3 Å². The number of hydrogen-bond donors (Lipinski definition) is 2. The molecule has 2 nitrogen and oxygen atoms in total. The smallest absolute Gasteiger partial charge is 0.0489 e. The fraction of sp³-hybridized carbons (Fsp3) is 0.429. The van der Waals surface area contributed by atoms with Crippen molar-refractivity contribution in [1.82, 2.24) is 4.98 Å². The van der Waals surface area contributed by atoms with Crippen LogP contribution in [-0.4, -0.2) is 11.0 Å². The van der Waals surface area contributed by atoms with E-state index >= 15 is 0 Å². The molecular formula is C14H20N2. The molecule has 1 aromatic carbocycles. The van der Waals surface area contributed by atoms with E-state index in [0.29, 0.717) is 0 Å². The number of para-hydroxylation sites is 1. The number of aryl methyl sites for hydroxylation is 2. The Morgan fingerprint density at radius 1 is 1.31 bits per heavy atom. The number of hydrogen-bond acceptors (Lipinski definition) is 1. The Bertz CT molecular complexity index is 469. The molecule has 1 unspecified atom stereocenters. The zero-order chi connectivity index (χ0) is 11.5. The summed E-state index contributed by atoms with van der Waals surface area (Å²) in [7, 11) is 0. The highest BCUT2D eigenvalue weighted by Crippen LogP contribution is 2.23. The fourth-order valence-corrected chi connectivity index (χ4v) is 2.16. The summed E-state index contributed by atoms with van der Waals surface area (Å²) in [4.78, 5) is 3.39. The van der Waals surface area contributed by atoms with Gasteiger partial charge in [0.2, 0.25) is 0 Å². The third-order valence-electron chi connectivity index (χ3n) is 3.14. The van der Waals surface area contributed by atoms with Crippen LogP contribution in [0, 0.1) is 0 Å². The Morgan fingerprint density at radius 3 is 2.81 bits per heavy atom. The third kappa shape index (κ3) is 2.12. The summed E-state index contributed by atoms with van der Waals surface area (Å²) in [6.45, 7) is 4.25. The maximum Gasteiger partial charge on any atom is 0.0489 e. The fourth-order valence-electron chi connectivity index (χ4n) is 2.16. The van der Waals surface area contributed by atoms with E-state index in [1.165, 1.54) is 22.0 Å². The minimum absolute atomic E-state index is 0.277. The number of aromatic amines is 1. The molecule has 86 valence electrons. The maximum atomic E-state index is 5.80. The van der Waals surface area contributed by atoms with Crippen molar-refractivity contribution in [3.05, 3.63) is 35.5 Å². The molecule has 1 heterocycles. The lowest BCUT2D eigenvalue weighted by molar-refractivity contribution is 0.668. The lowest BCUT2D eigenvalue weighted by Crippen LogP contribution is -2.15. The minimum Gasteiger partial charge on any atom is -0.361 e. The molecule has 0 amide bonds. The predicted octanol–water partition coefficient (Wildman–Crippen LogP) is 3.01. The van der Waals surface area contributed by atoms with Crippen molar-refractivity contribution >= 4 is 10.9 Å². The largest absolute Gasteiger partial charge is 0.361 e. The molecule has 1 atom stereocenters. The third-order valence-corrected chi connectivity index (χ3v) is 3.14. The Morgan fingerprint density at radius 2 is 2.12 bits per heavy atom. The van der Waals surface area contributed by atoms with E-state index in [1.807, 2.05) is 0 Å². The monoisotopic (exact) mass is 216 g/mol. The van der Waals surface area contributed by atoms with Gasteiger partial charge in [0.15, 0.2) is 0 Å². The topological polar surface area (TPSA) is 41.8 Å². The van der Waals surface area contributed by atoms with Crippen molar-refractivity contribution in [3.63, 3.8) is 0 Å². The van der Waals surface area contributed by atoms with Crippen molar-refractivity contribution in [3.8, 4) is 0 Å². The highest BCUT2D eigenvalue weighted by Gasteiger charge is 2.06. The second-order valence-corrected chi connectivity index (χ2v) is 4.52. The number of rotatable bonds is 4. The number of benzene rings is 1. The van der Waals surface area contributed by atoms with Gasteiger partial charge in [0, 0.05) is 23.1 Å². The van der Waals surface area contributed by atoms with Gasteiger partial charge in [-0.3, -0.25) is 0 Å². The van der Waals surface area contributed by atoms with E-state index in [9.17, 15) is 0 Å². The second kappa shape index (κ2) is 4.71. The summed E-state index contributed by atoms with van der Waals surface area (Å²) >= 11 is 0. The lowest BCUT2D eigenvalue weighted by Gasteiger charge is -2.04. The molecule has 0 fully saturated rings. The van der Waals surface area contributed by atoms with Crippen molar-refractivity contribution < 1.29 is 0 Å². The van der Waals surface area contributed by atoms with E-state index in [2.05, 4.69) is 43.2 Å². The van der Waals surface area contributed by atoms with Crippen LogP contribution in [0.3, 0.4) is 0 Å². The first-order chi connectivity index (χ1) is 7.72. The molecule has 0 radical (unpaired) electrons.